The van der Waals surface area contributed by atoms with Gasteiger partial charge >= 0.3 is 0 Å². The number of nitrogens with one attached hydrogen (secondary N) is 3. The molecule has 1 aliphatic rings. The molecule has 0 aromatic heterocycles. The molecule has 0 radical (unpaired) electrons. The number of benzene rings is 1. The van der Waals surface area contributed by atoms with Crippen LogP contribution in [0.1, 0.15) is 46.5 Å². The van der Waals surface area contributed by atoms with Gasteiger partial charge in [0.1, 0.15) is 12.4 Å². The minimum absolute atomic E-state index is 0.0911. The fourth-order valence-corrected chi connectivity index (χ4v) is 3.09. The molecule has 0 heterocycles. The Morgan fingerprint density at radius 3 is 2.69 bits per heavy atom. The van der Waals surface area contributed by atoms with Gasteiger partial charge in [0.2, 0.25) is 5.91 Å². The van der Waals surface area contributed by atoms with Gasteiger partial charge in [-0.25, -0.2) is 0 Å². The molecule has 1 amide bonds. The minimum atomic E-state index is -0.0911. The van der Waals surface area contributed by atoms with Crippen molar-refractivity contribution in [2.75, 3.05) is 31.6 Å². The van der Waals surface area contributed by atoms with Crippen LogP contribution in [-0.4, -0.2) is 38.1 Å². The first kappa shape index (κ1) is 20.1. The van der Waals surface area contributed by atoms with Crippen molar-refractivity contribution in [2.45, 2.75) is 46.5 Å². The summed E-state index contributed by atoms with van der Waals surface area (Å²) in [5.41, 5.74) is 1.16. The summed E-state index contributed by atoms with van der Waals surface area (Å²) in [7, 11) is 0. The summed E-state index contributed by atoms with van der Waals surface area (Å²) < 4.78 is 5.76. The molecule has 1 aromatic carbocycles. The van der Waals surface area contributed by atoms with Crippen molar-refractivity contribution in [1.82, 2.24) is 10.6 Å². The van der Waals surface area contributed by atoms with Crippen molar-refractivity contribution >= 4 is 17.6 Å². The second-order valence-electron chi connectivity index (χ2n) is 6.89. The van der Waals surface area contributed by atoms with Gasteiger partial charge in [-0.15, -0.1) is 0 Å². The molecule has 0 spiro atoms. The molecule has 0 saturated heterocycles. The zero-order valence-electron chi connectivity index (χ0n) is 16.2. The summed E-state index contributed by atoms with van der Waals surface area (Å²) in [6, 6.07) is 7.41. The molecule has 2 rings (SSSR count). The van der Waals surface area contributed by atoms with Crippen molar-refractivity contribution in [3.63, 3.8) is 0 Å². The fourth-order valence-electron chi connectivity index (χ4n) is 3.09. The van der Waals surface area contributed by atoms with E-state index in [2.05, 4.69) is 29.8 Å². The van der Waals surface area contributed by atoms with Gasteiger partial charge in [-0.1, -0.05) is 19.4 Å². The van der Waals surface area contributed by atoms with E-state index >= 15 is 0 Å². The van der Waals surface area contributed by atoms with Gasteiger partial charge in [-0.05, 0) is 43.7 Å². The maximum Gasteiger partial charge on any atom is 0.221 e. The number of anilines is 1. The zero-order chi connectivity index (χ0) is 18.8. The highest BCUT2D eigenvalue weighted by atomic mass is 16.5. The minimum Gasteiger partial charge on any atom is -0.492 e. The molecule has 1 aliphatic carbocycles. The quantitative estimate of drug-likeness (QED) is 0.359. The van der Waals surface area contributed by atoms with Crippen molar-refractivity contribution in [3.05, 3.63) is 24.3 Å². The number of aliphatic imine (C=N–C) groups is 1. The monoisotopic (exact) mass is 360 g/mol. The molecule has 0 unspecified atom stereocenters. The van der Waals surface area contributed by atoms with Crippen molar-refractivity contribution in [3.8, 4) is 5.75 Å². The van der Waals surface area contributed by atoms with Gasteiger partial charge in [-0.3, -0.25) is 9.79 Å². The number of nitrogens with zero attached hydrogens (tertiary/aromatic N) is 1. The summed E-state index contributed by atoms with van der Waals surface area (Å²) in [5, 5.41) is 9.37. The van der Waals surface area contributed by atoms with E-state index in [0.29, 0.717) is 18.6 Å². The first-order chi connectivity index (χ1) is 12.6. The van der Waals surface area contributed by atoms with Gasteiger partial charge in [0.15, 0.2) is 5.96 Å². The number of carbonyl (C=O) groups excluding carboxylic acids is 1. The third-order valence-corrected chi connectivity index (χ3v) is 4.90. The zero-order valence-corrected chi connectivity index (χ0v) is 16.2. The Bertz CT molecular complexity index is 606. The average molecular weight is 361 g/mol. The highest BCUT2D eigenvalue weighted by molar-refractivity contribution is 5.88. The summed E-state index contributed by atoms with van der Waals surface area (Å²) in [6.07, 6.45) is 5.11. The molecule has 6 heteroatoms. The van der Waals surface area contributed by atoms with Crippen LogP contribution in [0.25, 0.3) is 0 Å². The van der Waals surface area contributed by atoms with Crippen LogP contribution in [-0.2, 0) is 4.79 Å². The van der Waals surface area contributed by atoms with Gasteiger partial charge < -0.3 is 20.7 Å². The van der Waals surface area contributed by atoms with E-state index in [4.69, 9.17) is 9.73 Å². The number of carbonyl (C=O) groups is 1. The summed E-state index contributed by atoms with van der Waals surface area (Å²) in [6.45, 7) is 8.73. The molecule has 26 heavy (non-hydrogen) atoms. The molecule has 0 bridgehead atoms. The van der Waals surface area contributed by atoms with Gasteiger partial charge in [-0.2, -0.15) is 0 Å². The Morgan fingerprint density at radius 2 is 2.08 bits per heavy atom. The molecule has 6 nitrogen and oxygen atoms in total. The third kappa shape index (κ3) is 6.24. The lowest BCUT2D eigenvalue weighted by molar-refractivity contribution is -0.114. The number of hydrogen-bond donors (Lipinski definition) is 3. The molecule has 0 atom stereocenters. The van der Waals surface area contributed by atoms with Crippen LogP contribution in [0.15, 0.2) is 29.3 Å². The van der Waals surface area contributed by atoms with Crippen LogP contribution < -0.4 is 20.7 Å². The first-order valence-corrected chi connectivity index (χ1v) is 9.59. The van der Waals surface area contributed by atoms with Crippen LogP contribution in [0.3, 0.4) is 0 Å². The lowest BCUT2D eigenvalue weighted by Crippen LogP contribution is -2.41. The van der Waals surface area contributed by atoms with Crippen molar-refractivity contribution in [1.29, 1.82) is 0 Å². The second kappa shape index (κ2) is 10.0. The lowest BCUT2D eigenvalue weighted by Gasteiger charge is -2.40. The van der Waals surface area contributed by atoms with Gasteiger partial charge in [0.05, 0.1) is 6.54 Å². The Balaban J connectivity index is 1.78. The Kier molecular flexibility index (Phi) is 7.75. The maximum absolute atomic E-state index is 11.1. The van der Waals surface area contributed by atoms with Crippen LogP contribution >= 0.6 is 0 Å². The summed E-state index contributed by atoms with van der Waals surface area (Å²) in [5.74, 6) is 1.49. The van der Waals surface area contributed by atoms with Crippen molar-refractivity contribution in [2.24, 2.45) is 10.4 Å². The molecular formula is C20H32N4O2. The smallest absolute Gasteiger partial charge is 0.221 e. The predicted octanol–water partition coefficient (Wildman–Crippen LogP) is 3.16. The maximum atomic E-state index is 11.1. The highest BCUT2D eigenvalue weighted by Crippen LogP contribution is 2.43. The molecule has 1 aromatic rings. The topological polar surface area (TPSA) is 74.8 Å². The number of hydrogen-bond acceptors (Lipinski definition) is 3. The van der Waals surface area contributed by atoms with E-state index in [9.17, 15) is 4.79 Å². The molecule has 3 N–H and O–H groups in total. The Labute approximate surface area is 156 Å². The highest BCUT2D eigenvalue weighted by Gasteiger charge is 2.34. The van der Waals surface area contributed by atoms with Gasteiger partial charge in [0.25, 0.3) is 0 Å². The van der Waals surface area contributed by atoms with Gasteiger partial charge in [0, 0.05) is 31.8 Å². The van der Waals surface area contributed by atoms with Crippen LogP contribution in [0.5, 0.6) is 5.75 Å². The van der Waals surface area contributed by atoms with E-state index in [1.54, 1.807) is 0 Å². The number of amides is 1. The molecule has 1 fully saturated rings. The molecule has 1 saturated carbocycles. The molecular weight excluding hydrogens is 328 g/mol. The fraction of sp³-hybridized carbons (Fsp3) is 0.600. The molecule has 144 valence electrons. The lowest BCUT2D eigenvalue weighted by atomic mass is 9.67. The summed E-state index contributed by atoms with van der Waals surface area (Å²) >= 11 is 0. The number of guanidine groups is 1. The average Bonchev–Trinajstić information content (AvgIpc) is 2.57. The number of rotatable bonds is 9. The van der Waals surface area contributed by atoms with Crippen LogP contribution in [0, 0.1) is 5.41 Å². The Hall–Kier alpha value is -2.24. The SMILES string of the molecule is CCNC(=NCC1(CC)CCC1)NCCOc1cccc(NC(C)=O)c1. The second-order valence-corrected chi connectivity index (χ2v) is 6.89. The number of ether oxygens (including phenoxy) is 1. The standard InChI is InChI=1S/C20H32N4O2/c1-4-20(10-7-11-20)15-23-19(21-5-2)22-12-13-26-18-9-6-8-17(14-18)24-16(3)25/h6,8-9,14H,4-5,7,10-13,15H2,1-3H3,(H,24,25)(H2,21,22,23). The first-order valence-electron chi connectivity index (χ1n) is 9.59. The van der Waals surface area contributed by atoms with Crippen LogP contribution in [0.2, 0.25) is 0 Å². The van der Waals surface area contributed by atoms with E-state index in [1.807, 2.05) is 24.3 Å². The van der Waals surface area contributed by atoms with E-state index < -0.39 is 0 Å². The van der Waals surface area contributed by atoms with Crippen LogP contribution in [0.4, 0.5) is 5.69 Å². The predicted molar refractivity (Wildman–Crippen MR) is 107 cm³/mol. The largest absolute Gasteiger partial charge is 0.492 e. The van der Waals surface area contributed by atoms with E-state index in [0.717, 1.165) is 30.5 Å². The normalized spacial score (nSPS) is 15.7. The van der Waals surface area contributed by atoms with E-state index in [1.165, 1.54) is 32.6 Å². The van der Waals surface area contributed by atoms with E-state index in [-0.39, 0.29) is 5.91 Å². The molecule has 0 aliphatic heterocycles. The Morgan fingerprint density at radius 1 is 1.27 bits per heavy atom. The third-order valence-electron chi connectivity index (χ3n) is 4.90. The van der Waals surface area contributed by atoms with Crippen molar-refractivity contribution < 1.29 is 9.53 Å². The summed E-state index contributed by atoms with van der Waals surface area (Å²) in [4.78, 5) is 15.9.